The molecule has 2 aromatic carbocycles. The number of benzene rings is 2. The number of pyridine rings is 1. The molecule has 0 bridgehead atoms. The van der Waals surface area contributed by atoms with Gasteiger partial charge in [-0.1, -0.05) is 48.5 Å². The summed E-state index contributed by atoms with van der Waals surface area (Å²) in [5.41, 5.74) is 2.12. The molecule has 0 radical (unpaired) electrons. The number of aliphatic carboxylic acids is 1. The van der Waals surface area contributed by atoms with Gasteiger partial charge in [0.25, 0.3) is 0 Å². The maximum atomic E-state index is 10.9. The molecule has 1 fully saturated rings. The van der Waals surface area contributed by atoms with Crippen LogP contribution in [0.3, 0.4) is 0 Å². The van der Waals surface area contributed by atoms with E-state index in [-0.39, 0.29) is 12.3 Å². The summed E-state index contributed by atoms with van der Waals surface area (Å²) >= 11 is 0. The molecule has 1 saturated heterocycles. The number of aromatic nitrogens is 1. The molecule has 0 saturated carbocycles. The summed E-state index contributed by atoms with van der Waals surface area (Å²) in [4.78, 5) is 18.1. The quantitative estimate of drug-likeness (QED) is 0.750. The molecule has 0 unspecified atom stereocenters. The van der Waals surface area contributed by atoms with Crippen molar-refractivity contribution in [2.24, 2.45) is 5.92 Å². The van der Waals surface area contributed by atoms with E-state index >= 15 is 0 Å². The third kappa shape index (κ3) is 3.40. The molecule has 3 aromatic rings. The van der Waals surface area contributed by atoms with Crippen molar-refractivity contribution in [1.29, 1.82) is 0 Å². The maximum Gasteiger partial charge on any atom is 0.303 e. The van der Waals surface area contributed by atoms with Crippen molar-refractivity contribution < 1.29 is 9.90 Å². The lowest BCUT2D eigenvalue weighted by Gasteiger charge is -2.32. The van der Waals surface area contributed by atoms with Gasteiger partial charge >= 0.3 is 5.97 Å². The van der Waals surface area contributed by atoms with Crippen molar-refractivity contribution in [1.82, 2.24) is 4.98 Å². The average Bonchev–Trinajstić information content (AvgIpc) is 2.68. The molecule has 4 nitrogen and oxygen atoms in total. The van der Waals surface area contributed by atoms with Gasteiger partial charge in [-0.15, -0.1) is 0 Å². The van der Waals surface area contributed by atoms with Gasteiger partial charge in [-0.05, 0) is 41.7 Å². The van der Waals surface area contributed by atoms with Crippen molar-refractivity contribution in [2.45, 2.75) is 19.3 Å². The lowest BCUT2D eigenvalue weighted by Crippen LogP contribution is -2.34. The Bertz CT molecular complexity index is 925. The first kappa shape index (κ1) is 16.6. The molecular weight excluding hydrogens is 324 g/mol. The third-order valence-corrected chi connectivity index (χ3v) is 5.20. The van der Waals surface area contributed by atoms with Gasteiger partial charge in [-0.3, -0.25) is 4.79 Å². The summed E-state index contributed by atoms with van der Waals surface area (Å²) in [6, 6.07) is 20.8. The molecule has 26 heavy (non-hydrogen) atoms. The Morgan fingerprint density at radius 3 is 2.54 bits per heavy atom. The number of carboxylic acids is 1. The van der Waals surface area contributed by atoms with Gasteiger partial charge in [-0.2, -0.15) is 0 Å². The minimum Gasteiger partial charge on any atom is -0.481 e. The summed E-state index contributed by atoms with van der Waals surface area (Å²) in [5, 5.41) is 11.4. The van der Waals surface area contributed by atoms with Crippen LogP contribution in [0.5, 0.6) is 0 Å². The van der Waals surface area contributed by atoms with Crippen molar-refractivity contribution >= 4 is 22.6 Å². The Balaban J connectivity index is 1.59. The minimum atomic E-state index is -0.695. The van der Waals surface area contributed by atoms with Gasteiger partial charge in [0.15, 0.2) is 0 Å². The van der Waals surface area contributed by atoms with Crippen molar-refractivity contribution in [3.63, 3.8) is 0 Å². The van der Waals surface area contributed by atoms with Crippen LogP contribution in [0, 0.1) is 5.92 Å². The highest BCUT2D eigenvalue weighted by atomic mass is 16.4. The number of carbonyl (C=O) groups is 1. The number of rotatable bonds is 4. The fraction of sp³-hybridized carbons (Fsp3) is 0.273. The fourth-order valence-corrected chi connectivity index (χ4v) is 3.81. The highest BCUT2D eigenvalue weighted by molar-refractivity contribution is 5.95. The van der Waals surface area contributed by atoms with Crippen molar-refractivity contribution in [2.75, 3.05) is 18.0 Å². The second kappa shape index (κ2) is 7.16. The van der Waals surface area contributed by atoms with Crippen molar-refractivity contribution in [3.8, 4) is 11.3 Å². The molecular formula is C22H22N2O2. The van der Waals surface area contributed by atoms with Crippen LogP contribution in [0.4, 0.5) is 5.82 Å². The Labute approximate surface area is 153 Å². The predicted molar refractivity (Wildman–Crippen MR) is 104 cm³/mol. The molecule has 2 heterocycles. The molecule has 1 aromatic heterocycles. The van der Waals surface area contributed by atoms with Crippen LogP contribution >= 0.6 is 0 Å². The van der Waals surface area contributed by atoms with E-state index in [1.807, 2.05) is 6.07 Å². The molecule has 0 atom stereocenters. The van der Waals surface area contributed by atoms with Crippen LogP contribution in [-0.2, 0) is 4.79 Å². The van der Waals surface area contributed by atoms with E-state index in [4.69, 9.17) is 10.1 Å². The van der Waals surface area contributed by atoms with Crippen LogP contribution in [0.1, 0.15) is 19.3 Å². The number of anilines is 1. The maximum absolute atomic E-state index is 10.9. The van der Waals surface area contributed by atoms with E-state index in [1.54, 1.807) is 0 Å². The summed E-state index contributed by atoms with van der Waals surface area (Å²) < 4.78 is 0. The minimum absolute atomic E-state index is 0.275. The molecule has 132 valence electrons. The molecule has 1 aliphatic rings. The first-order chi connectivity index (χ1) is 12.7. The largest absolute Gasteiger partial charge is 0.481 e. The third-order valence-electron chi connectivity index (χ3n) is 5.20. The molecule has 0 spiro atoms. The van der Waals surface area contributed by atoms with Gasteiger partial charge in [0.1, 0.15) is 5.82 Å². The van der Waals surface area contributed by atoms with E-state index in [1.165, 1.54) is 10.8 Å². The summed E-state index contributed by atoms with van der Waals surface area (Å²) in [6.45, 7) is 1.73. The van der Waals surface area contributed by atoms with Crippen LogP contribution in [0.15, 0.2) is 60.7 Å². The molecule has 0 amide bonds. The van der Waals surface area contributed by atoms with E-state index in [0.717, 1.165) is 43.0 Å². The topological polar surface area (TPSA) is 53.4 Å². The van der Waals surface area contributed by atoms with E-state index in [2.05, 4.69) is 59.5 Å². The molecule has 1 N–H and O–H groups in total. The van der Waals surface area contributed by atoms with Gasteiger partial charge in [0, 0.05) is 25.1 Å². The number of piperidine rings is 1. The highest BCUT2D eigenvalue weighted by Crippen LogP contribution is 2.30. The van der Waals surface area contributed by atoms with E-state index in [9.17, 15) is 4.79 Å². The first-order valence-corrected chi connectivity index (χ1v) is 9.12. The summed E-state index contributed by atoms with van der Waals surface area (Å²) in [7, 11) is 0. The smallest absolute Gasteiger partial charge is 0.303 e. The van der Waals surface area contributed by atoms with Gasteiger partial charge in [0.05, 0.1) is 5.69 Å². The Morgan fingerprint density at radius 1 is 1.00 bits per heavy atom. The monoisotopic (exact) mass is 346 g/mol. The van der Waals surface area contributed by atoms with E-state index in [0.29, 0.717) is 0 Å². The Morgan fingerprint density at radius 2 is 1.73 bits per heavy atom. The lowest BCUT2D eigenvalue weighted by atomic mass is 9.93. The second-order valence-electron chi connectivity index (χ2n) is 6.94. The number of carboxylic acid groups (broad SMARTS) is 1. The second-order valence-corrected chi connectivity index (χ2v) is 6.94. The predicted octanol–water partition coefficient (Wildman–Crippen LogP) is 4.59. The SMILES string of the molecule is O=C(O)CC1CCN(c2cccc(-c3cccc4ccccc34)n2)CC1. The molecule has 0 aliphatic carbocycles. The summed E-state index contributed by atoms with van der Waals surface area (Å²) in [6.07, 6.45) is 2.09. The normalized spacial score (nSPS) is 15.3. The molecule has 4 heteroatoms. The van der Waals surface area contributed by atoms with E-state index < -0.39 is 5.97 Å². The Hall–Kier alpha value is -2.88. The molecule has 4 rings (SSSR count). The fourth-order valence-electron chi connectivity index (χ4n) is 3.81. The number of nitrogens with zero attached hydrogens (tertiary/aromatic N) is 2. The van der Waals surface area contributed by atoms with Crippen LogP contribution < -0.4 is 4.90 Å². The first-order valence-electron chi connectivity index (χ1n) is 9.12. The zero-order valence-electron chi connectivity index (χ0n) is 14.6. The zero-order chi connectivity index (χ0) is 17.9. The number of hydrogen-bond donors (Lipinski definition) is 1. The number of fused-ring (bicyclic) bond motifs is 1. The Kier molecular flexibility index (Phi) is 4.57. The summed E-state index contributed by atoms with van der Waals surface area (Å²) in [5.74, 6) is 0.564. The van der Waals surface area contributed by atoms with Gasteiger partial charge < -0.3 is 10.0 Å². The van der Waals surface area contributed by atoms with Crippen molar-refractivity contribution in [3.05, 3.63) is 60.7 Å². The van der Waals surface area contributed by atoms with Crippen LogP contribution in [0.2, 0.25) is 0 Å². The number of hydrogen-bond acceptors (Lipinski definition) is 3. The van der Waals surface area contributed by atoms with Crippen LogP contribution in [0.25, 0.3) is 22.0 Å². The zero-order valence-corrected chi connectivity index (χ0v) is 14.6. The average molecular weight is 346 g/mol. The van der Waals surface area contributed by atoms with Crippen LogP contribution in [-0.4, -0.2) is 29.1 Å². The van der Waals surface area contributed by atoms with Gasteiger partial charge in [0.2, 0.25) is 0 Å². The standard InChI is InChI=1S/C22H22N2O2/c25-22(26)15-16-11-13-24(14-12-16)21-10-4-9-20(23-21)19-8-3-6-17-5-1-2-7-18(17)19/h1-10,16H,11-15H2,(H,25,26). The highest BCUT2D eigenvalue weighted by Gasteiger charge is 2.22. The lowest BCUT2D eigenvalue weighted by molar-refractivity contribution is -0.138. The van der Waals surface area contributed by atoms with Gasteiger partial charge in [-0.25, -0.2) is 4.98 Å². The molecule has 1 aliphatic heterocycles.